The molecule has 0 aliphatic carbocycles. The normalized spacial score (nSPS) is 27.2. The van der Waals surface area contributed by atoms with E-state index in [1.165, 1.54) is 17.3 Å². The predicted molar refractivity (Wildman–Crippen MR) is 110 cm³/mol. The van der Waals surface area contributed by atoms with Crippen LogP contribution in [-0.4, -0.2) is 84.9 Å². The van der Waals surface area contributed by atoms with Crippen LogP contribution < -0.4 is 4.74 Å². The number of hydrogen-bond donors (Lipinski definition) is 4. The summed E-state index contributed by atoms with van der Waals surface area (Å²) < 4.78 is 18.0. The molecule has 1 saturated heterocycles. The topological polar surface area (TPSA) is 156 Å². The maximum Gasteiger partial charge on any atom is 0.252 e. The lowest BCUT2D eigenvalue weighted by atomic mass is 9.88. The summed E-state index contributed by atoms with van der Waals surface area (Å²) in [6.45, 7) is 2.39. The largest absolute Gasteiger partial charge is 0.461 e. The fraction of sp³-hybridized carbons (Fsp3) is 0.550. The molecule has 2 aromatic rings. The molecule has 1 fully saturated rings. The molecular weight excluding hydrogens is 446 g/mol. The second-order valence-electron chi connectivity index (χ2n) is 8.06. The Hall–Kier alpha value is -2.12. The van der Waals surface area contributed by atoms with Crippen molar-refractivity contribution in [2.24, 2.45) is 5.41 Å². The molecule has 2 heterocycles. The van der Waals surface area contributed by atoms with Gasteiger partial charge in [-0.15, -0.1) is 0 Å². The van der Waals surface area contributed by atoms with Crippen LogP contribution in [0.3, 0.4) is 0 Å². The molecule has 1 aliphatic heterocycles. The first-order valence-corrected chi connectivity index (χ1v) is 10.2. The number of ether oxygens (including phenoxy) is 3. The van der Waals surface area contributed by atoms with Gasteiger partial charge in [0.25, 0.3) is 6.23 Å². The number of aromatic nitrogens is 3. The second-order valence-corrected chi connectivity index (χ2v) is 8.49. The standard InChI is InChI=1S/C20H26ClN3O8/c1-20(2,8-30-19-16(28)15(27)14(26)13(7-25)32-19)17(29)18(24-10-22-9-23-24)31-12-5-3-11(21)4-6-12/h3-6,9-10,13-16,18-19,25-28H,7-8H2,1-2H3/t13-,14-,15+,16-,18?,19-/m1/s1. The van der Waals surface area contributed by atoms with Gasteiger partial charge < -0.3 is 34.6 Å². The zero-order valence-electron chi connectivity index (χ0n) is 17.5. The highest BCUT2D eigenvalue weighted by Crippen LogP contribution is 2.30. The molecule has 0 bridgehead atoms. The first-order chi connectivity index (χ1) is 15.1. The van der Waals surface area contributed by atoms with Crippen LogP contribution in [0.25, 0.3) is 0 Å². The molecular formula is C20H26ClN3O8. The van der Waals surface area contributed by atoms with E-state index in [9.17, 15) is 25.2 Å². The van der Waals surface area contributed by atoms with Crippen molar-refractivity contribution in [3.05, 3.63) is 41.9 Å². The van der Waals surface area contributed by atoms with Gasteiger partial charge in [0.15, 0.2) is 6.29 Å². The van der Waals surface area contributed by atoms with Gasteiger partial charge in [0, 0.05) is 5.02 Å². The zero-order chi connectivity index (χ0) is 23.5. The minimum absolute atomic E-state index is 0.232. The third-order valence-electron chi connectivity index (χ3n) is 5.09. The van der Waals surface area contributed by atoms with E-state index in [2.05, 4.69) is 10.1 Å². The van der Waals surface area contributed by atoms with Crippen molar-refractivity contribution in [2.45, 2.75) is 50.8 Å². The van der Waals surface area contributed by atoms with Crippen LogP contribution in [0.1, 0.15) is 20.1 Å². The Kier molecular flexibility index (Phi) is 7.83. The first kappa shape index (κ1) is 24.5. The molecule has 1 aromatic carbocycles. The highest BCUT2D eigenvalue weighted by Gasteiger charge is 2.45. The monoisotopic (exact) mass is 471 g/mol. The Morgan fingerprint density at radius 3 is 2.50 bits per heavy atom. The smallest absolute Gasteiger partial charge is 0.252 e. The van der Waals surface area contributed by atoms with Crippen LogP contribution in [0, 0.1) is 5.41 Å². The quantitative estimate of drug-likeness (QED) is 0.390. The van der Waals surface area contributed by atoms with Crippen LogP contribution >= 0.6 is 11.6 Å². The Labute approximate surface area is 189 Å². The van der Waals surface area contributed by atoms with Gasteiger partial charge in [-0.2, -0.15) is 5.10 Å². The maximum atomic E-state index is 13.4. The second kappa shape index (κ2) is 10.2. The van der Waals surface area contributed by atoms with Gasteiger partial charge in [-0.25, -0.2) is 9.67 Å². The van der Waals surface area contributed by atoms with E-state index in [0.29, 0.717) is 10.8 Å². The van der Waals surface area contributed by atoms with E-state index in [-0.39, 0.29) is 6.61 Å². The van der Waals surface area contributed by atoms with E-state index >= 15 is 0 Å². The van der Waals surface area contributed by atoms with Crippen LogP contribution in [0.2, 0.25) is 5.02 Å². The SMILES string of the molecule is CC(C)(CO[C@@H]1O[C@H](CO)[C@@H](O)[C@H](O)[C@H]1O)C(=O)C(Oc1ccc(Cl)cc1)n1cncn1. The van der Waals surface area contributed by atoms with Gasteiger partial charge in [0.1, 0.15) is 42.8 Å². The molecule has 12 heteroatoms. The molecule has 0 spiro atoms. The maximum absolute atomic E-state index is 13.4. The molecule has 0 saturated carbocycles. The van der Waals surface area contributed by atoms with E-state index in [1.807, 2.05) is 0 Å². The van der Waals surface area contributed by atoms with Crippen molar-refractivity contribution in [1.29, 1.82) is 0 Å². The zero-order valence-corrected chi connectivity index (χ0v) is 18.2. The molecule has 4 N–H and O–H groups in total. The van der Waals surface area contributed by atoms with Crippen LogP contribution in [-0.2, 0) is 14.3 Å². The lowest BCUT2D eigenvalue weighted by Crippen LogP contribution is -2.59. The summed E-state index contributed by atoms with van der Waals surface area (Å²) in [7, 11) is 0. The number of aliphatic hydroxyl groups excluding tert-OH is 4. The summed E-state index contributed by atoms with van der Waals surface area (Å²) in [5, 5.41) is 43.8. The third kappa shape index (κ3) is 5.44. The summed E-state index contributed by atoms with van der Waals surface area (Å²) in [6, 6.07) is 6.45. The number of halogens is 1. The third-order valence-corrected chi connectivity index (χ3v) is 5.34. The highest BCUT2D eigenvalue weighted by molar-refractivity contribution is 6.30. The Balaban J connectivity index is 1.73. The van der Waals surface area contributed by atoms with Crippen LogP contribution in [0.4, 0.5) is 0 Å². The lowest BCUT2D eigenvalue weighted by Gasteiger charge is -2.40. The van der Waals surface area contributed by atoms with Crippen molar-refractivity contribution in [3.63, 3.8) is 0 Å². The van der Waals surface area contributed by atoms with Crippen molar-refractivity contribution < 1.29 is 39.4 Å². The number of carbonyl (C=O) groups is 1. The molecule has 176 valence electrons. The number of rotatable bonds is 9. The van der Waals surface area contributed by atoms with Gasteiger partial charge in [0.2, 0.25) is 5.78 Å². The molecule has 6 atom stereocenters. The summed E-state index contributed by atoms with van der Waals surface area (Å²) in [5.41, 5.74) is -1.16. The molecule has 32 heavy (non-hydrogen) atoms. The van der Waals surface area contributed by atoms with Gasteiger partial charge in [-0.1, -0.05) is 25.4 Å². The number of carbonyl (C=O) groups excluding carboxylic acids is 1. The van der Waals surface area contributed by atoms with Crippen molar-refractivity contribution >= 4 is 17.4 Å². The number of hydrogen-bond acceptors (Lipinski definition) is 10. The van der Waals surface area contributed by atoms with E-state index in [0.717, 1.165) is 0 Å². The average molecular weight is 472 g/mol. The van der Waals surface area contributed by atoms with E-state index in [4.69, 9.17) is 25.8 Å². The van der Waals surface area contributed by atoms with Crippen molar-refractivity contribution in [3.8, 4) is 5.75 Å². The van der Waals surface area contributed by atoms with E-state index < -0.39 is 54.7 Å². The molecule has 1 aliphatic rings. The van der Waals surface area contributed by atoms with Crippen LogP contribution in [0.5, 0.6) is 5.75 Å². The molecule has 0 amide bonds. The number of benzene rings is 1. The molecule has 1 aromatic heterocycles. The Morgan fingerprint density at radius 1 is 1.22 bits per heavy atom. The number of aliphatic hydroxyl groups is 4. The fourth-order valence-corrected chi connectivity index (χ4v) is 3.24. The first-order valence-electron chi connectivity index (χ1n) is 9.87. The Morgan fingerprint density at radius 2 is 1.91 bits per heavy atom. The summed E-state index contributed by atoms with van der Waals surface area (Å²) >= 11 is 5.90. The van der Waals surface area contributed by atoms with Gasteiger partial charge >= 0.3 is 0 Å². The van der Waals surface area contributed by atoms with Crippen molar-refractivity contribution in [1.82, 2.24) is 14.8 Å². The molecule has 1 unspecified atom stereocenters. The minimum atomic E-state index is -1.58. The summed E-state index contributed by atoms with van der Waals surface area (Å²) in [6.07, 6.45) is -5.71. The van der Waals surface area contributed by atoms with Gasteiger partial charge in [-0.3, -0.25) is 4.79 Å². The highest BCUT2D eigenvalue weighted by atomic mass is 35.5. The lowest BCUT2D eigenvalue weighted by molar-refractivity contribution is -0.304. The average Bonchev–Trinajstić information content (AvgIpc) is 3.31. The summed E-state index contributed by atoms with van der Waals surface area (Å²) in [4.78, 5) is 17.2. The van der Waals surface area contributed by atoms with Gasteiger partial charge in [0.05, 0.1) is 18.6 Å². The molecule has 11 nitrogen and oxygen atoms in total. The Bertz CT molecular complexity index is 877. The molecule has 3 rings (SSSR count). The van der Waals surface area contributed by atoms with Gasteiger partial charge in [-0.05, 0) is 24.3 Å². The number of nitrogens with zero attached hydrogens (tertiary/aromatic N) is 3. The molecule has 0 radical (unpaired) electrons. The van der Waals surface area contributed by atoms with Crippen LogP contribution in [0.15, 0.2) is 36.9 Å². The van der Waals surface area contributed by atoms with E-state index in [1.54, 1.807) is 38.1 Å². The number of Topliss-reactive ketones (excluding diaryl/α,β-unsaturated/α-hetero) is 1. The van der Waals surface area contributed by atoms with Crippen molar-refractivity contribution in [2.75, 3.05) is 13.2 Å². The number of ketones is 1. The predicted octanol–water partition coefficient (Wildman–Crippen LogP) is -0.0791. The fourth-order valence-electron chi connectivity index (χ4n) is 3.11. The minimum Gasteiger partial charge on any atom is -0.461 e. The summed E-state index contributed by atoms with van der Waals surface area (Å²) in [5.74, 6) is -0.0311.